The Morgan fingerprint density at radius 3 is 2.59 bits per heavy atom. The minimum Gasteiger partial charge on any atom is -0.389 e. The smallest absolute Gasteiger partial charge is 0.227 e. The van der Waals surface area contributed by atoms with Crippen LogP contribution in [0.3, 0.4) is 0 Å². The predicted octanol–water partition coefficient (Wildman–Crippen LogP) is 0.0841. The van der Waals surface area contributed by atoms with Crippen LogP contribution in [0.5, 0.6) is 0 Å². The fraction of sp³-hybridized carbons (Fsp3) is 0.833. The Bertz CT molecular complexity index is 309. The molecule has 1 fully saturated rings. The molecule has 1 atom stereocenters. The predicted molar refractivity (Wildman–Crippen MR) is 64.3 cm³/mol. The quantitative estimate of drug-likeness (QED) is 0.759. The molecular weight excluding hydrogens is 220 g/mol. The molecule has 0 aromatic carbocycles. The van der Waals surface area contributed by atoms with E-state index in [1.54, 1.807) is 25.8 Å². The van der Waals surface area contributed by atoms with Crippen molar-refractivity contribution in [3.8, 4) is 0 Å². The van der Waals surface area contributed by atoms with Crippen molar-refractivity contribution in [2.24, 2.45) is 5.92 Å². The van der Waals surface area contributed by atoms with E-state index in [2.05, 4.69) is 0 Å². The first-order valence-electron chi connectivity index (χ1n) is 5.99. The van der Waals surface area contributed by atoms with Crippen LogP contribution in [0.25, 0.3) is 0 Å². The molecule has 1 aliphatic rings. The lowest BCUT2D eigenvalue weighted by Gasteiger charge is -2.27. The van der Waals surface area contributed by atoms with Gasteiger partial charge in [0.25, 0.3) is 0 Å². The van der Waals surface area contributed by atoms with Gasteiger partial charge in [-0.25, -0.2) is 0 Å². The molecule has 0 aromatic heterocycles. The molecule has 0 aromatic rings. The van der Waals surface area contributed by atoms with Gasteiger partial charge in [0, 0.05) is 33.1 Å². The highest BCUT2D eigenvalue weighted by Crippen LogP contribution is 2.20. The Morgan fingerprint density at radius 1 is 1.59 bits per heavy atom. The van der Waals surface area contributed by atoms with Gasteiger partial charge in [0.05, 0.1) is 11.5 Å². The number of carbonyl (C=O) groups excluding carboxylic acids is 2. The van der Waals surface area contributed by atoms with Crippen molar-refractivity contribution in [1.29, 1.82) is 0 Å². The summed E-state index contributed by atoms with van der Waals surface area (Å²) in [5, 5.41) is 9.66. The van der Waals surface area contributed by atoms with E-state index in [4.69, 9.17) is 0 Å². The molecule has 0 radical (unpaired) electrons. The Morgan fingerprint density at radius 2 is 2.18 bits per heavy atom. The highest BCUT2D eigenvalue weighted by Gasteiger charge is 2.35. The number of hydrogen-bond donors (Lipinski definition) is 1. The van der Waals surface area contributed by atoms with Crippen LogP contribution in [0.2, 0.25) is 0 Å². The summed E-state index contributed by atoms with van der Waals surface area (Å²) in [4.78, 5) is 26.8. The summed E-state index contributed by atoms with van der Waals surface area (Å²) in [6.07, 6.45) is 0.295. The fourth-order valence-electron chi connectivity index (χ4n) is 2.21. The maximum Gasteiger partial charge on any atom is 0.227 e. The molecule has 0 aliphatic carbocycles. The largest absolute Gasteiger partial charge is 0.389 e. The number of nitrogens with zero attached hydrogens (tertiary/aromatic N) is 2. The summed E-state index contributed by atoms with van der Waals surface area (Å²) in [5.74, 6) is -0.270. The van der Waals surface area contributed by atoms with Crippen LogP contribution in [-0.4, -0.2) is 59.0 Å². The topological polar surface area (TPSA) is 60.9 Å². The number of amides is 2. The van der Waals surface area contributed by atoms with Gasteiger partial charge in [0.2, 0.25) is 11.8 Å². The Balaban J connectivity index is 2.57. The van der Waals surface area contributed by atoms with Gasteiger partial charge < -0.3 is 14.9 Å². The zero-order valence-corrected chi connectivity index (χ0v) is 11.1. The third kappa shape index (κ3) is 3.70. The van der Waals surface area contributed by atoms with Gasteiger partial charge in [-0.2, -0.15) is 0 Å². The SMILES string of the molecule is CCN1CC(C(=O)N(C)CC(C)(C)O)CC1=O. The molecule has 17 heavy (non-hydrogen) atoms. The molecule has 0 bridgehead atoms. The Labute approximate surface area is 102 Å². The number of rotatable bonds is 4. The normalized spacial score (nSPS) is 20.9. The maximum atomic E-state index is 12.1. The first-order valence-corrected chi connectivity index (χ1v) is 5.99. The van der Waals surface area contributed by atoms with Crippen LogP contribution in [0.1, 0.15) is 27.2 Å². The second-order valence-electron chi connectivity index (χ2n) is 5.34. The number of likely N-dealkylation sites (N-methyl/N-ethyl adjacent to an activating group) is 1. The van der Waals surface area contributed by atoms with E-state index in [1.807, 2.05) is 6.92 Å². The molecule has 1 heterocycles. The summed E-state index contributed by atoms with van der Waals surface area (Å²) in [6, 6.07) is 0. The van der Waals surface area contributed by atoms with Gasteiger partial charge in [0.1, 0.15) is 0 Å². The Kier molecular flexibility index (Phi) is 4.14. The van der Waals surface area contributed by atoms with Gasteiger partial charge in [-0.15, -0.1) is 0 Å². The molecule has 5 heteroatoms. The van der Waals surface area contributed by atoms with E-state index >= 15 is 0 Å². The third-order valence-corrected chi connectivity index (χ3v) is 2.95. The third-order valence-electron chi connectivity index (χ3n) is 2.95. The molecule has 2 amide bonds. The minimum absolute atomic E-state index is 0.0440. The molecule has 1 aliphatic heterocycles. The second-order valence-corrected chi connectivity index (χ2v) is 5.34. The van der Waals surface area contributed by atoms with Crippen molar-refractivity contribution in [3.63, 3.8) is 0 Å². The zero-order chi connectivity index (χ0) is 13.2. The number of aliphatic hydroxyl groups is 1. The highest BCUT2D eigenvalue weighted by atomic mass is 16.3. The first kappa shape index (κ1) is 14.0. The van der Waals surface area contributed by atoms with Crippen LogP contribution in [-0.2, 0) is 9.59 Å². The molecule has 0 spiro atoms. The van der Waals surface area contributed by atoms with Crippen LogP contribution in [0, 0.1) is 5.92 Å². The lowest BCUT2D eigenvalue weighted by Crippen LogP contribution is -2.42. The number of hydrogen-bond acceptors (Lipinski definition) is 3. The van der Waals surface area contributed by atoms with Gasteiger partial charge in [-0.1, -0.05) is 0 Å². The maximum absolute atomic E-state index is 12.1. The van der Waals surface area contributed by atoms with Crippen molar-refractivity contribution >= 4 is 11.8 Å². The minimum atomic E-state index is -0.905. The summed E-state index contributed by atoms with van der Waals surface area (Å²) >= 11 is 0. The van der Waals surface area contributed by atoms with E-state index in [-0.39, 0.29) is 24.3 Å². The van der Waals surface area contributed by atoms with Gasteiger partial charge in [-0.3, -0.25) is 9.59 Å². The van der Waals surface area contributed by atoms with E-state index < -0.39 is 5.60 Å². The summed E-state index contributed by atoms with van der Waals surface area (Å²) in [6.45, 7) is 6.67. The van der Waals surface area contributed by atoms with Crippen molar-refractivity contribution in [2.45, 2.75) is 32.8 Å². The molecule has 5 nitrogen and oxygen atoms in total. The van der Waals surface area contributed by atoms with E-state index in [9.17, 15) is 14.7 Å². The molecule has 1 N–H and O–H groups in total. The van der Waals surface area contributed by atoms with Gasteiger partial charge >= 0.3 is 0 Å². The second kappa shape index (κ2) is 5.04. The van der Waals surface area contributed by atoms with E-state index in [0.29, 0.717) is 19.5 Å². The first-order chi connectivity index (χ1) is 7.74. The van der Waals surface area contributed by atoms with Crippen molar-refractivity contribution < 1.29 is 14.7 Å². The van der Waals surface area contributed by atoms with Crippen molar-refractivity contribution in [1.82, 2.24) is 9.80 Å². The van der Waals surface area contributed by atoms with Crippen LogP contribution >= 0.6 is 0 Å². The molecule has 0 saturated carbocycles. The number of likely N-dealkylation sites (tertiary alicyclic amines) is 1. The highest BCUT2D eigenvalue weighted by molar-refractivity contribution is 5.89. The lowest BCUT2D eigenvalue weighted by molar-refractivity contribution is -0.137. The van der Waals surface area contributed by atoms with E-state index in [1.165, 1.54) is 4.90 Å². The monoisotopic (exact) mass is 242 g/mol. The average Bonchev–Trinajstić information content (AvgIpc) is 2.55. The summed E-state index contributed by atoms with van der Waals surface area (Å²) < 4.78 is 0. The van der Waals surface area contributed by atoms with Gasteiger partial charge in [0.15, 0.2) is 0 Å². The average molecular weight is 242 g/mol. The summed E-state index contributed by atoms with van der Waals surface area (Å²) in [5.41, 5.74) is -0.905. The molecule has 98 valence electrons. The zero-order valence-electron chi connectivity index (χ0n) is 11.1. The van der Waals surface area contributed by atoms with Crippen LogP contribution in [0.15, 0.2) is 0 Å². The van der Waals surface area contributed by atoms with Crippen LogP contribution in [0.4, 0.5) is 0 Å². The molecule has 1 saturated heterocycles. The van der Waals surface area contributed by atoms with Crippen molar-refractivity contribution in [3.05, 3.63) is 0 Å². The summed E-state index contributed by atoms with van der Waals surface area (Å²) in [7, 11) is 1.67. The standard InChI is InChI=1S/C12H22N2O3/c1-5-14-7-9(6-10(14)15)11(16)13(4)8-12(2,3)17/h9,17H,5-8H2,1-4H3. The molecule has 1 rings (SSSR count). The lowest BCUT2D eigenvalue weighted by atomic mass is 10.1. The van der Waals surface area contributed by atoms with Crippen molar-refractivity contribution in [2.75, 3.05) is 26.7 Å². The molecular formula is C12H22N2O3. The number of carbonyl (C=O) groups is 2. The fourth-order valence-corrected chi connectivity index (χ4v) is 2.21. The molecule has 1 unspecified atom stereocenters. The van der Waals surface area contributed by atoms with Gasteiger partial charge in [-0.05, 0) is 20.8 Å². The Hall–Kier alpha value is -1.10. The van der Waals surface area contributed by atoms with Crippen LogP contribution < -0.4 is 0 Å². The van der Waals surface area contributed by atoms with E-state index in [0.717, 1.165) is 0 Å².